The summed E-state index contributed by atoms with van der Waals surface area (Å²) in [6, 6.07) is -7.29. The summed E-state index contributed by atoms with van der Waals surface area (Å²) in [6.07, 6.45) is -86.4. The molecule has 9 rings (SSSR count). The van der Waals surface area contributed by atoms with Crippen LogP contribution in [0, 0.1) is 0 Å². The molecule has 0 bridgehead atoms. The third-order valence-electron chi connectivity index (χ3n) is 20.3. The maximum Gasteiger partial charge on any atom is 0.217 e. The summed E-state index contributed by atoms with van der Waals surface area (Å²) in [5.74, 6) is -3.55. The molecule has 9 aliphatic heterocycles. The quantitative estimate of drug-likeness (QED) is 0.0331. The van der Waals surface area contributed by atoms with Crippen LogP contribution in [0.3, 0.4) is 0 Å². The average molecular weight is 1640 g/mol. The fourth-order valence-corrected chi connectivity index (χ4v) is 14.4. The van der Waals surface area contributed by atoms with Gasteiger partial charge in [0, 0.05) is 27.7 Å². The fraction of sp³-hybridized carbons (Fsp3) is 0.935. The maximum atomic E-state index is 13.0. The van der Waals surface area contributed by atoms with E-state index in [1.807, 2.05) is 0 Å². The van der Waals surface area contributed by atoms with E-state index in [9.17, 15) is 147 Å². The average Bonchev–Trinajstić information content (AvgIpc) is 0.787. The van der Waals surface area contributed by atoms with Crippen LogP contribution in [0.5, 0.6) is 0 Å². The molecule has 0 saturated carbocycles. The number of hydrogen-bond acceptors (Lipinski definition) is 46. The summed E-state index contributed by atoms with van der Waals surface area (Å²) in [5, 5.41) is 288. The van der Waals surface area contributed by atoms with Crippen LogP contribution in [0.2, 0.25) is 0 Å². The zero-order valence-electron chi connectivity index (χ0n) is 60.1. The van der Waals surface area contributed by atoms with Gasteiger partial charge in [-0.05, 0) is 0 Å². The fourth-order valence-electron chi connectivity index (χ4n) is 14.4. The first-order chi connectivity index (χ1) is 53.0. The second kappa shape index (κ2) is 40.3. The topological polar surface area (TPSA) is 779 Å². The first-order valence-corrected chi connectivity index (χ1v) is 35.6. The number of amides is 4. The number of ether oxygens (including phenoxy) is 17. The van der Waals surface area contributed by atoms with E-state index in [4.69, 9.17) is 80.5 Å². The van der Waals surface area contributed by atoms with Gasteiger partial charge in [-0.1, -0.05) is 0 Å². The van der Waals surface area contributed by atoms with E-state index in [-0.39, 0.29) is 0 Å². The Morgan fingerprint density at radius 2 is 0.491 bits per heavy atom. The number of rotatable bonds is 29. The van der Waals surface area contributed by atoms with Gasteiger partial charge in [-0.2, -0.15) is 0 Å². The molecule has 0 aromatic carbocycles. The molecular weight excluding hydrogens is 1540 g/mol. The van der Waals surface area contributed by atoms with E-state index in [1.54, 1.807) is 0 Å². The Kier molecular flexibility index (Phi) is 33.1. The molecule has 4 amide bonds. The zero-order valence-corrected chi connectivity index (χ0v) is 60.1. The summed E-state index contributed by atoms with van der Waals surface area (Å²) >= 11 is 0. The third kappa shape index (κ3) is 20.4. The van der Waals surface area contributed by atoms with Crippen LogP contribution < -0.4 is 21.3 Å². The highest BCUT2D eigenvalue weighted by Crippen LogP contribution is 2.40. The highest BCUT2D eigenvalue weighted by Gasteiger charge is 2.61. The molecule has 9 aliphatic rings. The van der Waals surface area contributed by atoms with E-state index >= 15 is 0 Å². The minimum absolute atomic E-state index is 0.795. The van der Waals surface area contributed by atoms with E-state index in [0.29, 0.717) is 0 Å². The Hall–Kier alpha value is -3.80. The minimum Gasteiger partial charge on any atom is -0.394 e. The highest BCUT2D eigenvalue weighted by molar-refractivity contribution is 5.74. The van der Waals surface area contributed by atoms with Crippen LogP contribution in [-0.2, 0) is 99.7 Å². The van der Waals surface area contributed by atoms with Crippen LogP contribution in [0.25, 0.3) is 0 Å². The molecule has 0 aromatic heterocycles. The van der Waals surface area contributed by atoms with Crippen molar-refractivity contribution in [3.8, 4) is 0 Å². The van der Waals surface area contributed by atoms with Gasteiger partial charge in [0.1, 0.15) is 219 Å². The van der Waals surface area contributed by atoms with Crippen molar-refractivity contribution in [3.05, 3.63) is 0 Å². The normalized spacial score (nSPS) is 48.9. The summed E-state index contributed by atoms with van der Waals surface area (Å²) < 4.78 is 101. The molecule has 0 unspecified atom stereocenters. The van der Waals surface area contributed by atoms with E-state index in [1.165, 1.54) is 0 Å². The van der Waals surface area contributed by atoms with Gasteiger partial charge in [-0.15, -0.1) is 0 Å². The zero-order chi connectivity index (χ0) is 82.5. The van der Waals surface area contributed by atoms with Crippen molar-refractivity contribution in [1.29, 1.82) is 0 Å². The van der Waals surface area contributed by atoms with E-state index < -0.39 is 359 Å². The summed E-state index contributed by atoms with van der Waals surface area (Å²) in [4.78, 5) is 50.5. The van der Waals surface area contributed by atoms with Crippen LogP contribution in [0.4, 0.5) is 0 Å². The van der Waals surface area contributed by atoms with E-state index in [0.717, 1.165) is 27.7 Å². The molecule has 50 nitrogen and oxygen atoms in total. The van der Waals surface area contributed by atoms with Crippen molar-refractivity contribution < 1.29 is 227 Å². The predicted molar refractivity (Wildman–Crippen MR) is 343 cm³/mol. The Morgan fingerprint density at radius 3 is 0.911 bits per heavy atom. The highest BCUT2D eigenvalue weighted by atomic mass is 16.8. The van der Waals surface area contributed by atoms with Crippen LogP contribution >= 0.6 is 0 Å². The van der Waals surface area contributed by atoms with Gasteiger partial charge in [0.05, 0.1) is 59.5 Å². The molecule has 0 spiro atoms. The van der Waals surface area contributed by atoms with Crippen molar-refractivity contribution in [3.63, 3.8) is 0 Å². The number of carbonyl (C=O) groups is 4. The predicted octanol–water partition coefficient (Wildman–Crippen LogP) is -20.1. The Bertz CT molecular complexity index is 2970. The number of nitrogens with one attached hydrogen (secondary N) is 4. The summed E-state index contributed by atoms with van der Waals surface area (Å²) in [5.41, 5.74) is 0. The molecular formula is C62H104N4O46. The van der Waals surface area contributed by atoms with Gasteiger partial charge in [-0.25, -0.2) is 0 Å². The number of aliphatic hydroxyl groups is 25. The summed E-state index contributed by atoms with van der Waals surface area (Å²) in [7, 11) is 0. The lowest BCUT2D eigenvalue weighted by atomic mass is 9.93. The number of aliphatic hydroxyl groups excluding tert-OH is 25. The molecule has 0 aromatic rings. The monoisotopic (exact) mass is 1640 g/mol. The summed E-state index contributed by atoms with van der Waals surface area (Å²) in [6.45, 7) is -5.96. The van der Waals surface area contributed by atoms with Gasteiger partial charge >= 0.3 is 0 Å². The largest absolute Gasteiger partial charge is 0.394 e. The van der Waals surface area contributed by atoms with Gasteiger partial charge in [-0.3, -0.25) is 19.2 Å². The first-order valence-electron chi connectivity index (χ1n) is 35.6. The van der Waals surface area contributed by atoms with Crippen molar-refractivity contribution in [2.75, 3.05) is 59.5 Å². The molecule has 9 heterocycles. The molecule has 45 atom stereocenters. The molecule has 9 fully saturated rings. The van der Waals surface area contributed by atoms with Gasteiger partial charge < -0.3 is 229 Å². The second-order valence-corrected chi connectivity index (χ2v) is 28.2. The van der Waals surface area contributed by atoms with Crippen molar-refractivity contribution in [1.82, 2.24) is 21.3 Å². The van der Waals surface area contributed by atoms with Gasteiger partial charge in [0.15, 0.2) is 56.6 Å². The number of hydrogen-bond donors (Lipinski definition) is 29. The minimum atomic E-state index is -2.62. The van der Waals surface area contributed by atoms with Gasteiger partial charge in [0.25, 0.3) is 0 Å². The molecule has 0 radical (unpaired) electrons. The van der Waals surface area contributed by atoms with Crippen molar-refractivity contribution >= 4 is 23.6 Å². The molecule has 9 saturated heterocycles. The lowest BCUT2D eigenvalue weighted by Crippen LogP contribution is -2.71. The van der Waals surface area contributed by atoms with Crippen molar-refractivity contribution in [2.24, 2.45) is 0 Å². The van der Waals surface area contributed by atoms with Gasteiger partial charge in [0.2, 0.25) is 23.6 Å². The Morgan fingerprint density at radius 1 is 0.232 bits per heavy atom. The van der Waals surface area contributed by atoms with Crippen molar-refractivity contribution in [2.45, 2.75) is 304 Å². The lowest BCUT2D eigenvalue weighted by molar-refractivity contribution is -0.402. The Balaban J connectivity index is 1.10. The first kappa shape index (κ1) is 92.1. The van der Waals surface area contributed by atoms with Crippen LogP contribution in [0.15, 0.2) is 0 Å². The SMILES string of the molecule is CC(=O)N[C@@H]1[C@@H](O)[C@H](O[C@@H]2O[C@H](CO)[C@@H](O[C@@H]3O[C@H](CO[C@H]4O[C@H](CO[C@H]5O[C@H](CO)[C@@H](O)[C@H](O)[C@@H]5O)[C@@H](O)[C@H](O[C@H]5O[C@H](CO)[C@@H](O)[C@H](O)[C@@H]5O)[C@@H]4O)[C@@H](O)[C@H](O[C@H]4O[C@H](CO)[C@@H](O[C@@H]5O[C@H](CO)[C@@H](O)[C@@H](O)[C@H]5NC(C)=O)[C@H](O)[C@@H]4O[C@@H]4O[C@H](CO)[C@@H](O)[C@H](O)[C@H]4NC(C)=O)[C@@H]3O)[C@H](O)[C@H]2NC(C)=O)[C@@H](CO)O[C@H]1O. The molecule has 648 valence electrons. The van der Waals surface area contributed by atoms with Crippen LogP contribution in [0.1, 0.15) is 27.7 Å². The lowest BCUT2D eigenvalue weighted by Gasteiger charge is -2.51. The molecule has 0 aliphatic carbocycles. The van der Waals surface area contributed by atoms with Crippen LogP contribution in [-0.4, -0.2) is 487 Å². The molecule has 50 heteroatoms. The third-order valence-corrected chi connectivity index (χ3v) is 20.3. The second-order valence-electron chi connectivity index (χ2n) is 28.2. The Labute approximate surface area is 634 Å². The standard InChI is InChI=1S/C62H104N4O46/c1-14(74)63-27-39(86)48(22(9-71)98-54(27)95)107-57-30(66-17(4)77)40(87)49(23(10-72)103-57)109-61-47(94)52(36(83)26(106-61)13-97-59-46(93)51(110-60-44(91)42(89)34(81)21(8-70)102-60)35(82)25(105-59)12-96-58-43(90)41(88)33(80)20(7-69)101-58)111-62-53(112-56-29(65-16(3)76)38(85)32(79)19(6-68)100-56)45(92)50(24(11-73)104-62)108-55-28(64-15(2)75)37(84)31(78)18(5-67)99-55/h18-62,67-73,78-95H,5-13H2,1-4H3,(H,63,74)(H,64,75)(H,65,76)(H,66,77)/t18-,19-,20-,21-,22-,23-,24-,25-,26-,27-,28-,29-,30-,31-,32-,33-,34-,35-,36-,37+,38-,39-,40-,41+,42+,43+,44+,45+,46+,47+,48-,49-,50-,51+,52+,53+,54-,55+,56+,57+,58+,59+,60-,61+,62-/m1/s1. The maximum absolute atomic E-state index is 13.0. The molecule has 112 heavy (non-hydrogen) atoms. The van der Waals surface area contributed by atoms with E-state index in [2.05, 4.69) is 21.3 Å². The molecule has 29 N–H and O–H groups in total. The number of carbonyl (C=O) groups excluding carboxylic acids is 4. The smallest absolute Gasteiger partial charge is 0.217 e.